The fourth-order valence-corrected chi connectivity index (χ4v) is 1.64. The van der Waals surface area contributed by atoms with Gasteiger partial charge in [0.05, 0.1) is 7.11 Å². The van der Waals surface area contributed by atoms with Crippen molar-refractivity contribution in [2.75, 3.05) is 7.11 Å². The third-order valence-corrected chi connectivity index (χ3v) is 2.70. The Bertz CT molecular complexity index is 619. The van der Waals surface area contributed by atoms with E-state index in [0.29, 0.717) is 0 Å². The number of carboxylic acid groups (broad SMARTS) is 2. The van der Waals surface area contributed by atoms with Gasteiger partial charge in [-0.2, -0.15) is 0 Å². The summed E-state index contributed by atoms with van der Waals surface area (Å²) in [6.45, 7) is 1.65. The minimum atomic E-state index is -1.82. The molecule has 0 aliphatic rings. The number of aliphatic carboxylic acids is 2. The molecule has 3 N–H and O–H groups in total. The first-order chi connectivity index (χ1) is 11.0. The van der Waals surface area contributed by atoms with Crippen molar-refractivity contribution < 1.29 is 24.5 Å². The van der Waals surface area contributed by atoms with Gasteiger partial charge >= 0.3 is 11.9 Å². The number of carbonyl (C=O) groups is 2. The molecule has 0 fully saturated rings. The summed E-state index contributed by atoms with van der Waals surface area (Å²) in [5.74, 6) is -2.75. The maximum Gasteiger partial charge on any atom is 0.414 e. The number of nitrogens with zero attached hydrogens (tertiary/aromatic N) is 1. The number of pyridine rings is 1. The van der Waals surface area contributed by atoms with Crippen molar-refractivity contribution in [3.05, 3.63) is 59.9 Å². The maximum atomic E-state index is 9.10. The number of hydrogen-bond acceptors (Lipinski definition) is 5. The number of aromatic nitrogens is 1. The van der Waals surface area contributed by atoms with Gasteiger partial charge in [-0.3, -0.25) is 4.98 Å². The highest BCUT2D eigenvalue weighted by Crippen LogP contribution is 2.12. The van der Waals surface area contributed by atoms with Gasteiger partial charge in [0.2, 0.25) is 0 Å². The molecule has 2 rings (SSSR count). The first-order valence-electron chi connectivity index (χ1n) is 6.71. The lowest BCUT2D eigenvalue weighted by atomic mass is 10.2. The van der Waals surface area contributed by atoms with Crippen molar-refractivity contribution in [3.63, 3.8) is 0 Å². The number of methoxy groups -OCH3 is 1. The molecule has 122 valence electrons. The van der Waals surface area contributed by atoms with Gasteiger partial charge < -0.3 is 20.3 Å². The second-order valence-electron chi connectivity index (χ2n) is 4.43. The van der Waals surface area contributed by atoms with Crippen LogP contribution in [0.3, 0.4) is 0 Å². The summed E-state index contributed by atoms with van der Waals surface area (Å²) in [5, 5.41) is 18.2. The highest BCUT2D eigenvalue weighted by Gasteiger charge is 2.04. The van der Waals surface area contributed by atoms with E-state index < -0.39 is 11.9 Å². The lowest BCUT2D eigenvalue weighted by Gasteiger charge is -2.06. The molecule has 7 nitrogen and oxygen atoms in total. The zero-order valence-electron chi connectivity index (χ0n) is 12.6. The topological polar surface area (TPSA) is 109 Å². The lowest BCUT2D eigenvalue weighted by molar-refractivity contribution is -0.159. The molecule has 0 radical (unpaired) electrons. The van der Waals surface area contributed by atoms with Crippen LogP contribution in [-0.2, 0) is 22.7 Å². The summed E-state index contributed by atoms with van der Waals surface area (Å²) in [6.07, 6.45) is 3.66. The SMILES string of the molecule is COc1cccc(CNCc2cccnc2)c1.O=C(O)C(=O)O. The van der Waals surface area contributed by atoms with Crippen molar-refractivity contribution in [2.45, 2.75) is 13.1 Å². The maximum absolute atomic E-state index is 9.10. The van der Waals surface area contributed by atoms with E-state index >= 15 is 0 Å². The first kappa shape index (κ1) is 18.1. The van der Waals surface area contributed by atoms with Crippen molar-refractivity contribution in [1.29, 1.82) is 0 Å². The van der Waals surface area contributed by atoms with Gasteiger partial charge in [0, 0.05) is 25.5 Å². The number of nitrogens with one attached hydrogen (secondary N) is 1. The monoisotopic (exact) mass is 318 g/mol. The number of hydrogen-bond donors (Lipinski definition) is 3. The van der Waals surface area contributed by atoms with E-state index in [4.69, 9.17) is 24.5 Å². The molecule has 1 aromatic carbocycles. The molecule has 0 bridgehead atoms. The van der Waals surface area contributed by atoms with E-state index in [1.54, 1.807) is 13.3 Å². The van der Waals surface area contributed by atoms with Crippen molar-refractivity contribution in [3.8, 4) is 5.75 Å². The quantitative estimate of drug-likeness (QED) is 0.717. The third-order valence-electron chi connectivity index (χ3n) is 2.70. The summed E-state index contributed by atoms with van der Waals surface area (Å²) < 4.78 is 5.18. The Morgan fingerprint density at radius 1 is 1.09 bits per heavy atom. The van der Waals surface area contributed by atoms with E-state index in [9.17, 15) is 0 Å². The van der Waals surface area contributed by atoms with Crippen molar-refractivity contribution in [2.24, 2.45) is 0 Å². The number of carboxylic acids is 2. The van der Waals surface area contributed by atoms with E-state index in [0.717, 1.165) is 18.8 Å². The summed E-state index contributed by atoms with van der Waals surface area (Å²) >= 11 is 0. The number of ether oxygens (including phenoxy) is 1. The van der Waals surface area contributed by atoms with E-state index in [2.05, 4.69) is 22.4 Å². The largest absolute Gasteiger partial charge is 0.497 e. The molecule has 0 spiro atoms. The Hall–Kier alpha value is -2.93. The highest BCUT2D eigenvalue weighted by atomic mass is 16.5. The minimum absolute atomic E-state index is 0.824. The Balaban J connectivity index is 0.000000379. The molecule has 1 heterocycles. The smallest absolute Gasteiger partial charge is 0.414 e. The molecular weight excluding hydrogens is 300 g/mol. The molecule has 0 unspecified atom stereocenters. The van der Waals surface area contributed by atoms with E-state index in [-0.39, 0.29) is 0 Å². The van der Waals surface area contributed by atoms with Crippen LogP contribution in [0.15, 0.2) is 48.8 Å². The minimum Gasteiger partial charge on any atom is -0.497 e. The van der Waals surface area contributed by atoms with Crippen molar-refractivity contribution in [1.82, 2.24) is 10.3 Å². The van der Waals surface area contributed by atoms with Crippen LogP contribution in [0.5, 0.6) is 5.75 Å². The van der Waals surface area contributed by atoms with Gasteiger partial charge in [-0.15, -0.1) is 0 Å². The Labute approximate surface area is 133 Å². The molecule has 7 heteroatoms. The van der Waals surface area contributed by atoms with Crippen LogP contribution in [0.1, 0.15) is 11.1 Å². The van der Waals surface area contributed by atoms with Crippen LogP contribution >= 0.6 is 0 Å². The molecule has 0 aliphatic carbocycles. The molecule has 2 aromatic rings. The third kappa shape index (κ3) is 7.58. The number of rotatable bonds is 5. The molecule has 0 amide bonds. The Morgan fingerprint density at radius 3 is 2.30 bits per heavy atom. The van der Waals surface area contributed by atoms with Crippen LogP contribution in [0.25, 0.3) is 0 Å². The fraction of sp³-hybridized carbons (Fsp3) is 0.188. The van der Waals surface area contributed by atoms with Crippen LogP contribution in [0.2, 0.25) is 0 Å². The molecular formula is C16H18N2O5. The van der Waals surface area contributed by atoms with Gasteiger partial charge in [-0.25, -0.2) is 9.59 Å². The summed E-state index contributed by atoms with van der Waals surface area (Å²) in [5.41, 5.74) is 2.41. The zero-order chi connectivity index (χ0) is 17.1. The Kier molecular flexibility index (Phi) is 7.81. The summed E-state index contributed by atoms with van der Waals surface area (Å²) in [6, 6.07) is 12.1. The van der Waals surface area contributed by atoms with Gasteiger partial charge in [0.1, 0.15) is 5.75 Å². The molecule has 0 atom stereocenters. The summed E-state index contributed by atoms with van der Waals surface area (Å²) in [7, 11) is 1.68. The predicted molar refractivity (Wildman–Crippen MR) is 83.0 cm³/mol. The number of benzene rings is 1. The molecule has 0 aliphatic heterocycles. The van der Waals surface area contributed by atoms with E-state index in [1.807, 2.05) is 30.5 Å². The van der Waals surface area contributed by atoms with Gasteiger partial charge in [0.15, 0.2) is 0 Å². The molecule has 0 saturated heterocycles. The van der Waals surface area contributed by atoms with Crippen LogP contribution in [0, 0.1) is 0 Å². The first-order valence-corrected chi connectivity index (χ1v) is 6.71. The second-order valence-corrected chi connectivity index (χ2v) is 4.43. The zero-order valence-corrected chi connectivity index (χ0v) is 12.6. The molecule has 0 saturated carbocycles. The lowest BCUT2D eigenvalue weighted by Crippen LogP contribution is -2.12. The molecule has 1 aromatic heterocycles. The normalized spacial score (nSPS) is 9.43. The predicted octanol–water partition coefficient (Wildman–Crippen LogP) is 1.54. The highest BCUT2D eigenvalue weighted by molar-refractivity contribution is 6.27. The summed E-state index contributed by atoms with van der Waals surface area (Å²) in [4.78, 5) is 22.3. The van der Waals surface area contributed by atoms with Gasteiger partial charge in [-0.05, 0) is 29.3 Å². The van der Waals surface area contributed by atoms with E-state index in [1.165, 1.54) is 11.1 Å². The van der Waals surface area contributed by atoms with Crippen LogP contribution < -0.4 is 10.1 Å². The van der Waals surface area contributed by atoms with Crippen LogP contribution in [-0.4, -0.2) is 34.2 Å². The van der Waals surface area contributed by atoms with Gasteiger partial charge in [0.25, 0.3) is 0 Å². The second kappa shape index (κ2) is 9.91. The van der Waals surface area contributed by atoms with Crippen LogP contribution in [0.4, 0.5) is 0 Å². The van der Waals surface area contributed by atoms with Gasteiger partial charge in [-0.1, -0.05) is 18.2 Å². The fourth-order valence-electron chi connectivity index (χ4n) is 1.64. The molecule has 23 heavy (non-hydrogen) atoms. The average molecular weight is 318 g/mol. The standard InChI is InChI=1S/C14H16N2O.C2H2O4/c1-17-14-6-2-4-12(8-14)9-16-11-13-5-3-7-15-10-13;3-1(4)2(5)6/h2-8,10,16H,9,11H2,1H3;(H,3,4)(H,5,6). The van der Waals surface area contributed by atoms with Crippen molar-refractivity contribution >= 4 is 11.9 Å². The average Bonchev–Trinajstić information content (AvgIpc) is 2.56. The Morgan fingerprint density at radius 2 is 1.74 bits per heavy atom.